The Labute approximate surface area is 148 Å². The van der Waals surface area contributed by atoms with Gasteiger partial charge in [0.25, 0.3) is 0 Å². The number of methoxy groups -OCH3 is 1. The van der Waals surface area contributed by atoms with E-state index in [1.54, 1.807) is 31.2 Å². The first-order valence-electron chi connectivity index (χ1n) is 8.26. The lowest BCUT2D eigenvalue weighted by Crippen LogP contribution is -2.40. The predicted octanol–water partition coefficient (Wildman–Crippen LogP) is 4.61. The Morgan fingerprint density at radius 3 is 2.40 bits per heavy atom. The van der Waals surface area contributed by atoms with E-state index in [0.29, 0.717) is 0 Å². The lowest BCUT2D eigenvalue weighted by atomic mass is 10.0. The van der Waals surface area contributed by atoms with E-state index in [2.05, 4.69) is 5.32 Å². The van der Waals surface area contributed by atoms with Crippen molar-refractivity contribution in [2.24, 2.45) is 0 Å². The third kappa shape index (κ3) is 4.50. The summed E-state index contributed by atoms with van der Waals surface area (Å²) in [5.41, 5.74) is 2.91. The molecular formula is C20H25FN2O2. The first-order valence-corrected chi connectivity index (χ1v) is 8.26. The van der Waals surface area contributed by atoms with Gasteiger partial charge in [-0.3, -0.25) is 0 Å². The molecule has 0 aliphatic heterocycles. The monoisotopic (exact) mass is 344 g/mol. The molecule has 0 aliphatic carbocycles. The highest BCUT2D eigenvalue weighted by Gasteiger charge is 2.21. The fourth-order valence-electron chi connectivity index (χ4n) is 2.70. The fraction of sp³-hybridized carbons (Fsp3) is 0.350. The topological polar surface area (TPSA) is 41.6 Å². The second-order valence-corrected chi connectivity index (χ2v) is 6.26. The Hall–Kier alpha value is -2.56. The Kier molecular flexibility index (Phi) is 6.02. The number of rotatable bonds is 5. The van der Waals surface area contributed by atoms with Crippen LogP contribution in [0.15, 0.2) is 42.5 Å². The smallest absolute Gasteiger partial charge is 0.318 e. The SMILES string of the molecule is COc1ccc(C)cc1[C@@H](C)NC(=O)N(C)[C@H](C)c1ccc(F)cc1. The molecule has 0 saturated heterocycles. The summed E-state index contributed by atoms with van der Waals surface area (Å²) >= 11 is 0. The molecule has 2 rings (SSSR count). The highest BCUT2D eigenvalue weighted by molar-refractivity contribution is 5.75. The van der Waals surface area contributed by atoms with E-state index >= 15 is 0 Å². The van der Waals surface area contributed by atoms with Crippen LogP contribution in [0.4, 0.5) is 9.18 Å². The second-order valence-electron chi connectivity index (χ2n) is 6.26. The van der Waals surface area contributed by atoms with Crippen LogP contribution in [-0.4, -0.2) is 25.1 Å². The molecule has 0 fully saturated rings. The first-order chi connectivity index (χ1) is 11.8. The third-order valence-electron chi connectivity index (χ3n) is 4.45. The molecule has 2 aromatic carbocycles. The van der Waals surface area contributed by atoms with Gasteiger partial charge in [-0.1, -0.05) is 29.8 Å². The van der Waals surface area contributed by atoms with Gasteiger partial charge >= 0.3 is 6.03 Å². The standard InChI is InChI=1S/C20H25FN2O2/c1-13-6-11-19(25-5)18(12-13)14(2)22-20(24)23(4)15(3)16-7-9-17(21)10-8-16/h6-12,14-15H,1-5H3,(H,22,24)/t14-,15-/m1/s1. The van der Waals surface area contributed by atoms with Gasteiger partial charge in [0.1, 0.15) is 11.6 Å². The molecule has 1 N–H and O–H groups in total. The van der Waals surface area contributed by atoms with Crippen LogP contribution in [0.3, 0.4) is 0 Å². The zero-order chi connectivity index (χ0) is 18.6. The van der Waals surface area contributed by atoms with E-state index in [1.807, 2.05) is 39.0 Å². The number of urea groups is 1. The first kappa shape index (κ1) is 18.8. The van der Waals surface area contributed by atoms with Gasteiger partial charge in [-0.25, -0.2) is 9.18 Å². The molecule has 0 aliphatic rings. The average Bonchev–Trinajstić information content (AvgIpc) is 2.60. The lowest BCUT2D eigenvalue weighted by molar-refractivity contribution is 0.191. The maximum atomic E-state index is 13.1. The summed E-state index contributed by atoms with van der Waals surface area (Å²) in [4.78, 5) is 14.2. The highest BCUT2D eigenvalue weighted by atomic mass is 19.1. The van der Waals surface area contributed by atoms with Crippen LogP contribution in [0.25, 0.3) is 0 Å². The number of ether oxygens (including phenoxy) is 1. The van der Waals surface area contributed by atoms with Crippen LogP contribution in [-0.2, 0) is 0 Å². The number of hydrogen-bond donors (Lipinski definition) is 1. The summed E-state index contributed by atoms with van der Waals surface area (Å²) in [6.07, 6.45) is 0. The molecule has 0 radical (unpaired) electrons. The summed E-state index contributed by atoms with van der Waals surface area (Å²) in [5, 5.41) is 2.99. The number of carbonyl (C=O) groups is 1. The van der Waals surface area contributed by atoms with Crippen molar-refractivity contribution < 1.29 is 13.9 Å². The van der Waals surface area contributed by atoms with Gasteiger partial charge in [-0.2, -0.15) is 0 Å². The minimum Gasteiger partial charge on any atom is -0.496 e. The maximum absolute atomic E-state index is 13.1. The second kappa shape index (κ2) is 8.01. The largest absolute Gasteiger partial charge is 0.496 e. The van der Waals surface area contributed by atoms with Crippen molar-refractivity contribution in [3.05, 3.63) is 65.0 Å². The fourth-order valence-corrected chi connectivity index (χ4v) is 2.70. The minimum atomic E-state index is -0.289. The van der Waals surface area contributed by atoms with Crippen LogP contribution in [0, 0.1) is 12.7 Å². The molecule has 0 spiro atoms. The molecule has 0 saturated carbocycles. The molecule has 5 heteroatoms. The molecule has 0 heterocycles. The van der Waals surface area contributed by atoms with E-state index in [1.165, 1.54) is 12.1 Å². The summed E-state index contributed by atoms with van der Waals surface area (Å²) in [6, 6.07) is 11.5. The Balaban J connectivity index is 2.10. The molecule has 2 aromatic rings. The number of carbonyl (C=O) groups excluding carboxylic acids is 1. The van der Waals surface area contributed by atoms with Crippen LogP contribution in [0.1, 0.15) is 42.6 Å². The average molecular weight is 344 g/mol. The number of halogens is 1. The number of hydrogen-bond acceptors (Lipinski definition) is 2. The Morgan fingerprint density at radius 2 is 1.80 bits per heavy atom. The molecule has 2 amide bonds. The minimum absolute atomic E-state index is 0.174. The predicted molar refractivity (Wildman–Crippen MR) is 97.3 cm³/mol. The number of nitrogens with zero attached hydrogens (tertiary/aromatic N) is 1. The van der Waals surface area contributed by atoms with Gasteiger partial charge < -0.3 is 15.0 Å². The summed E-state index contributed by atoms with van der Waals surface area (Å²) < 4.78 is 18.5. The zero-order valence-electron chi connectivity index (χ0n) is 15.3. The molecule has 134 valence electrons. The summed E-state index contributed by atoms with van der Waals surface area (Å²) in [6.45, 7) is 5.83. The number of amides is 2. The van der Waals surface area contributed by atoms with Crippen molar-refractivity contribution >= 4 is 6.03 Å². The Bertz CT molecular complexity index is 731. The van der Waals surface area contributed by atoms with Crippen molar-refractivity contribution in [3.8, 4) is 5.75 Å². The van der Waals surface area contributed by atoms with Crippen molar-refractivity contribution in [1.29, 1.82) is 0 Å². The van der Waals surface area contributed by atoms with Crippen molar-refractivity contribution in [3.63, 3.8) is 0 Å². The van der Waals surface area contributed by atoms with Crippen LogP contribution < -0.4 is 10.1 Å². The molecule has 0 bridgehead atoms. The van der Waals surface area contributed by atoms with Crippen molar-refractivity contribution in [1.82, 2.24) is 10.2 Å². The molecule has 0 unspecified atom stereocenters. The highest BCUT2D eigenvalue weighted by Crippen LogP contribution is 2.27. The van der Waals surface area contributed by atoms with E-state index < -0.39 is 0 Å². The van der Waals surface area contributed by atoms with Gasteiger partial charge in [0, 0.05) is 12.6 Å². The number of benzene rings is 2. The van der Waals surface area contributed by atoms with Gasteiger partial charge in [-0.15, -0.1) is 0 Å². The normalized spacial score (nSPS) is 13.0. The molecule has 2 atom stereocenters. The van der Waals surface area contributed by atoms with E-state index in [0.717, 1.165) is 22.4 Å². The zero-order valence-corrected chi connectivity index (χ0v) is 15.3. The molecule has 0 aromatic heterocycles. The van der Waals surface area contributed by atoms with Crippen LogP contribution in [0.5, 0.6) is 5.75 Å². The Morgan fingerprint density at radius 1 is 1.16 bits per heavy atom. The molecule has 25 heavy (non-hydrogen) atoms. The van der Waals surface area contributed by atoms with Crippen molar-refractivity contribution in [2.45, 2.75) is 32.9 Å². The van der Waals surface area contributed by atoms with Crippen LogP contribution >= 0.6 is 0 Å². The lowest BCUT2D eigenvalue weighted by Gasteiger charge is -2.28. The van der Waals surface area contributed by atoms with E-state index in [4.69, 9.17) is 4.74 Å². The summed E-state index contributed by atoms with van der Waals surface area (Å²) in [5.74, 6) is 0.454. The van der Waals surface area contributed by atoms with Crippen molar-refractivity contribution in [2.75, 3.05) is 14.2 Å². The third-order valence-corrected chi connectivity index (χ3v) is 4.45. The van der Waals surface area contributed by atoms with Gasteiger partial charge in [0.2, 0.25) is 0 Å². The summed E-state index contributed by atoms with van der Waals surface area (Å²) in [7, 11) is 3.34. The van der Waals surface area contributed by atoms with Crippen LogP contribution in [0.2, 0.25) is 0 Å². The number of aryl methyl sites for hydroxylation is 1. The quantitative estimate of drug-likeness (QED) is 0.861. The maximum Gasteiger partial charge on any atom is 0.318 e. The number of nitrogens with one attached hydrogen (secondary N) is 1. The molecular weight excluding hydrogens is 319 g/mol. The van der Waals surface area contributed by atoms with Gasteiger partial charge in [-0.05, 0) is 44.5 Å². The van der Waals surface area contributed by atoms with E-state index in [9.17, 15) is 9.18 Å². The van der Waals surface area contributed by atoms with Gasteiger partial charge in [0.15, 0.2) is 0 Å². The van der Waals surface area contributed by atoms with Gasteiger partial charge in [0.05, 0.1) is 19.2 Å². The van der Waals surface area contributed by atoms with E-state index in [-0.39, 0.29) is 23.9 Å². The molecule has 4 nitrogen and oxygen atoms in total.